The molecule has 1 aromatic heterocycles. The van der Waals surface area contributed by atoms with Crippen LogP contribution >= 0.6 is 11.6 Å². The first-order valence-electron chi connectivity index (χ1n) is 7.01. The van der Waals surface area contributed by atoms with Crippen molar-refractivity contribution in [1.82, 2.24) is 14.5 Å². The zero-order chi connectivity index (χ0) is 14.9. The van der Waals surface area contributed by atoms with Gasteiger partial charge in [0.2, 0.25) is 0 Å². The second-order valence-electron chi connectivity index (χ2n) is 5.52. The third-order valence-electron chi connectivity index (χ3n) is 3.83. The van der Waals surface area contributed by atoms with Gasteiger partial charge in [-0.25, -0.2) is 4.98 Å². The summed E-state index contributed by atoms with van der Waals surface area (Å²) in [5, 5.41) is 0.714. The first-order valence-corrected chi connectivity index (χ1v) is 7.39. The van der Waals surface area contributed by atoms with Gasteiger partial charge in [0.1, 0.15) is 5.82 Å². The fourth-order valence-electron chi connectivity index (χ4n) is 2.23. The van der Waals surface area contributed by atoms with Gasteiger partial charge in [0.25, 0.3) is 0 Å². The smallest absolute Gasteiger partial charge is 0.127 e. The average Bonchev–Trinajstić information content (AvgIpc) is 2.75. The van der Waals surface area contributed by atoms with Gasteiger partial charge in [-0.3, -0.25) is 4.90 Å². The maximum atomic E-state index is 6.14. The highest BCUT2D eigenvalue weighted by Gasteiger charge is 2.19. The van der Waals surface area contributed by atoms with Gasteiger partial charge in [-0.05, 0) is 45.6 Å². The molecule has 0 aliphatic carbocycles. The highest BCUT2D eigenvalue weighted by Crippen LogP contribution is 2.26. The van der Waals surface area contributed by atoms with Crippen LogP contribution in [-0.2, 0) is 6.54 Å². The molecule has 2 unspecified atom stereocenters. The molecule has 0 aliphatic rings. The van der Waals surface area contributed by atoms with E-state index in [0.29, 0.717) is 5.02 Å². The van der Waals surface area contributed by atoms with Crippen LogP contribution in [0.5, 0.6) is 0 Å². The summed E-state index contributed by atoms with van der Waals surface area (Å²) >= 11 is 6.07. The molecule has 1 heterocycles. The van der Waals surface area contributed by atoms with Crippen LogP contribution in [0.25, 0.3) is 11.0 Å². The standard InChI is InChI=1S/C15H23ClN4/c1-5-12(17)9-20-14-7-6-11(16)8-13(14)18-15(20)10(2)19(3)4/h6-8,10,12H,5,9,17H2,1-4H3. The van der Waals surface area contributed by atoms with Crippen molar-refractivity contribution in [3.63, 3.8) is 0 Å². The topological polar surface area (TPSA) is 47.1 Å². The summed E-state index contributed by atoms with van der Waals surface area (Å²) < 4.78 is 2.23. The van der Waals surface area contributed by atoms with E-state index in [-0.39, 0.29) is 12.1 Å². The van der Waals surface area contributed by atoms with Gasteiger partial charge in [-0.2, -0.15) is 0 Å². The molecule has 0 radical (unpaired) electrons. The SMILES string of the molecule is CCC(N)Cn1c(C(C)N(C)C)nc2cc(Cl)ccc21. The molecule has 110 valence electrons. The summed E-state index contributed by atoms with van der Waals surface area (Å²) in [6.45, 7) is 5.04. The molecule has 0 saturated heterocycles. The molecule has 2 aromatic rings. The summed E-state index contributed by atoms with van der Waals surface area (Å²) in [5.74, 6) is 1.04. The van der Waals surface area contributed by atoms with E-state index in [4.69, 9.17) is 22.3 Å². The van der Waals surface area contributed by atoms with Crippen molar-refractivity contribution in [2.75, 3.05) is 14.1 Å². The molecule has 0 bridgehead atoms. The van der Waals surface area contributed by atoms with E-state index < -0.39 is 0 Å². The number of rotatable bonds is 5. The van der Waals surface area contributed by atoms with Crippen molar-refractivity contribution in [2.24, 2.45) is 5.73 Å². The monoisotopic (exact) mass is 294 g/mol. The van der Waals surface area contributed by atoms with Crippen molar-refractivity contribution < 1.29 is 0 Å². The highest BCUT2D eigenvalue weighted by atomic mass is 35.5. The van der Waals surface area contributed by atoms with Gasteiger partial charge in [0.05, 0.1) is 17.1 Å². The molecule has 0 spiro atoms. The summed E-state index contributed by atoms with van der Waals surface area (Å²) in [7, 11) is 4.11. The predicted molar refractivity (Wildman–Crippen MR) is 85.1 cm³/mol. The minimum absolute atomic E-state index is 0.135. The Labute approximate surface area is 125 Å². The van der Waals surface area contributed by atoms with Crippen LogP contribution in [0.3, 0.4) is 0 Å². The largest absolute Gasteiger partial charge is 0.326 e. The number of hydrogen-bond acceptors (Lipinski definition) is 3. The second-order valence-corrected chi connectivity index (χ2v) is 5.96. The third kappa shape index (κ3) is 2.97. The Hall–Kier alpha value is -1.10. The quantitative estimate of drug-likeness (QED) is 0.922. The van der Waals surface area contributed by atoms with Crippen molar-refractivity contribution in [2.45, 2.75) is 38.9 Å². The van der Waals surface area contributed by atoms with Crippen LogP contribution in [0, 0.1) is 0 Å². The summed E-state index contributed by atoms with van der Waals surface area (Å²) in [5.41, 5.74) is 8.18. The van der Waals surface area contributed by atoms with Gasteiger partial charge < -0.3 is 10.3 Å². The lowest BCUT2D eigenvalue weighted by Gasteiger charge is -2.22. The van der Waals surface area contributed by atoms with E-state index in [9.17, 15) is 0 Å². The van der Waals surface area contributed by atoms with Crippen LogP contribution < -0.4 is 5.73 Å². The lowest BCUT2D eigenvalue weighted by atomic mass is 10.2. The van der Waals surface area contributed by atoms with Crippen molar-refractivity contribution in [1.29, 1.82) is 0 Å². The molecule has 1 aromatic carbocycles. The Bertz CT molecular complexity index is 591. The lowest BCUT2D eigenvalue weighted by Crippen LogP contribution is -2.28. The summed E-state index contributed by atoms with van der Waals surface area (Å²) in [6, 6.07) is 6.21. The molecule has 0 saturated carbocycles. The van der Waals surface area contributed by atoms with Crippen molar-refractivity contribution in [3.05, 3.63) is 29.0 Å². The predicted octanol–water partition coefficient (Wildman–Crippen LogP) is 3.05. The molecule has 0 fully saturated rings. The first kappa shape index (κ1) is 15.3. The maximum absolute atomic E-state index is 6.14. The molecular formula is C15H23ClN4. The number of hydrogen-bond donors (Lipinski definition) is 1. The number of benzene rings is 1. The molecule has 2 N–H and O–H groups in total. The Balaban J connectivity index is 2.56. The first-order chi connectivity index (χ1) is 9.43. The Morgan fingerprint density at radius 3 is 2.70 bits per heavy atom. The van der Waals surface area contributed by atoms with E-state index in [2.05, 4.69) is 37.4 Å². The molecule has 2 atom stereocenters. The number of nitrogens with two attached hydrogens (primary N) is 1. The summed E-state index contributed by atoms with van der Waals surface area (Å²) in [6.07, 6.45) is 0.947. The lowest BCUT2D eigenvalue weighted by molar-refractivity contribution is 0.299. The van der Waals surface area contributed by atoms with Crippen LogP contribution in [0.1, 0.15) is 32.1 Å². The summed E-state index contributed by atoms with van der Waals surface area (Å²) in [4.78, 5) is 6.91. The van der Waals surface area contributed by atoms with Crippen LogP contribution in [0.15, 0.2) is 18.2 Å². The molecule has 4 nitrogen and oxygen atoms in total. The number of halogens is 1. The fourth-order valence-corrected chi connectivity index (χ4v) is 2.39. The van der Waals surface area contributed by atoms with Gasteiger partial charge in [-0.15, -0.1) is 0 Å². The number of imidazole rings is 1. The van der Waals surface area contributed by atoms with E-state index in [1.165, 1.54) is 0 Å². The van der Waals surface area contributed by atoms with E-state index >= 15 is 0 Å². The minimum Gasteiger partial charge on any atom is -0.326 e. The third-order valence-corrected chi connectivity index (χ3v) is 4.06. The number of nitrogens with zero attached hydrogens (tertiary/aromatic N) is 3. The zero-order valence-electron chi connectivity index (χ0n) is 12.6. The molecule has 0 amide bonds. The van der Waals surface area contributed by atoms with E-state index in [1.54, 1.807) is 0 Å². The van der Waals surface area contributed by atoms with E-state index in [1.807, 2.05) is 18.2 Å². The van der Waals surface area contributed by atoms with Crippen molar-refractivity contribution in [3.8, 4) is 0 Å². The van der Waals surface area contributed by atoms with Crippen LogP contribution in [0.2, 0.25) is 5.02 Å². The van der Waals surface area contributed by atoms with Crippen LogP contribution in [-0.4, -0.2) is 34.6 Å². The second kappa shape index (κ2) is 6.12. The molecule has 0 aliphatic heterocycles. The Morgan fingerprint density at radius 2 is 2.10 bits per heavy atom. The normalized spacial score (nSPS) is 14.9. The minimum atomic E-state index is 0.135. The van der Waals surface area contributed by atoms with Gasteiger partial charge >= 0.3 is 0 Å². The van der Waals surface area contributed by atoms with Gasteiger partial charge in [-0.1, -0.05) is 18.5 Å². The Kier molecular flexibility index (Phi) is 4.68. The molecule has 20 heavy (non-hydrogen) atoms. The fraction of sp³-hybridized carbons (Fsp3) is 0.533. The molecule has 5 heteroatoms. The number of fused-ring (bicyclic) bond motifs is 1. The van der Waals surface area contributed by atoms with Gasteiger partial charge in [0.15, 0.2) is 0 Å². The van der Waals surface area contributed by atoms with Crippen LogP contribution in [0.4, 0.5) is 0 Å². The Morgan fingerprint density at radius 1 is 1.40 bits per heavy atom. The molecule has 2 rings (SSSR count). The average molecular weight is 295 g/mol. The van der Waals surface area contributed by atoms with E-state index in [0.717, 1.165) is 29.8 Å². The van der Waals surface area contributed by atoms with Crippen molar-refractivity contribution >= 4 is 22.6 Å². The highest BCUT2D eigenvalue weighted by molar-refractivity contribution is 6.31. The van der Waals surface area contributed by atoms with Gasteiger partial charge in [0, 0.05) is 17.6 Å². The maximum Gasteiger partial charge on any atom is 0.127 e. The molecular weight excluding hydrogens is 272 g/mol. The zero-order valence-corrected chi connectivity index (χ0v) is 13.4. The number of aromatic nitrogens is 2.